The van der Waals surface area contributed by atoms with Gasteiger partial charge in [-0.1, -0.05) is 0 Å². The number of hydrogen-bond donors (Lipinski definition) is 0. The molecular weight excluding hydrogens is 772 g/mol. The number of rotatable bonds is 14. The topological polar surface area (TPSA) is 106 Å². The fourth-order valence-corrected chi connectivity index (χ4v) is 33.5. The van der Waals surface area contributed by atoms with E-state index in [0.717, 1.165) is 0 Å². The van der Waals surface area contributed by atoms with Crippen molar-refractivity contribution < 1.29 is 28.8 Å². The van der Waals surface area contributed by atoms with Gasteiger partial charge in [-0.3, -0.25) is 0 Å². The Morgan fingerprint density at radius 1 is 0.288 bits per heavy atom. The maximum atomic E-state index is 15.6. The predicted molar refractivity (Wildman–Crippen MR) is 204 cm³/mol. The molecule has 9 heteroatoms. The first-order chi connectivity index (χ1) is 25.2. The van der Waals surface area contributed by atoms with Crippen molar-refractivity contribution in [3.8, 4) is 0 Å². The van der Waals surface area contributed by atoms with Gasteiger partial charge >= 0.3 is 309 Å². The van der Waals surface area contributed by atoms with E-state index in [1.165, 1.54) is 82.7 Å². The molecule has 0 saturated carbocycles. The molecule has 0 bridgehead atoms. The zero-order valence-electron chi connectivity index (χ0n) is 28.2. The third-order valence-electron chi connectivity index (χ3n) is 9.19. The predicted octanol–water partition coefficient (Wildman–Crippen LogP) is 7.34. The summed E-state index contributed by atoms with van der Waals surface area (Å²) in [5.74, 6) is 0. The van der Waals surface area contributed by atoms with Crippen LogP contribution in [-0.4, -0.2) is 64.5 Å². The Labute approximate surface area is 307 Å². The molecule has 254 valence electrons. The van der Waals surface area contributed by atoms with E-state index in [2.05, 4.69) is 0 Å². The fraction of sp³-hybridized carbons (Fsp3) is 0.0233. The van der Waals surface area contributed by atoms with Gasteiger partial charge in [0.15, 0.2) is 0 Å². The molecule has 7 nitrogen and oxygen atoms in total. The van der Waals surface area contributed by atoms with Crippen LogP contribution in [0.3, 0.4) is 0 Å². The van der Waals surface area contributed by atoms with Crippen molar-refractivity contribution in [1.82, 2.24) is 2.81 Å². The van der Waals surface area contributed by atoms with Gasteiger partial charge in [-0.15, -0.1) is 0 Å². The van der Waals surface area contributed by atoms with Crippen LogP contribution in [0.25, 0.3) is 0 Å². The third-order valence-corrected chi connectivity index (χ3v) is 32.6. The normalized spacial score (nSPS) is 11.4. The second-order valence-electron chi connectivity index (χ2n) is 12.2. The van der Waals surface area contributed by atoms with Crippen LogP contribution in [0.5, 0.6) is 0 Å². The third kappa shape index (κ3) is 6.39. The summed E-state index contributed by atoms with van der Waals surface area (Å²) < 4.78 is -3.51. The van der Waals surface area contributed by atoms with E-state index >= 15 is 28.8 Å². The molecule has 6 rings (SSSR count). The van der Waals surface area contributed by atoms with Gasteiger partial charge in [0.25, 0.3) is 0 Å². The first kappa shape index (κ1) is 36.2. The zero-order valence-corrected chi connectivity index (χ0v) is 32.4. The van der Waals surface area contributed by atoms with Gasteiger partial charge in [0.1, 0.15) is 0 Å². The van der Waals surface area contributed by atoms with E-state index < -0.39 is 54.7 Å². The molecule has 0 aromatic heterocycles. The van der Waals surface area contributed by atoms with E-state index in [1.54, 1.807) is 109 Å². The Bertz CT molecular complexity index is 1840. The van der Waals surface area contributed by atoms with Crippen LogP contribution < -0.4 is 0 Å². The van der Waals surface area contributed by atoms with E-state index in [-0.39, 0.29) is 33.4 Å². The molecule has 0 saturated heterocycles. The van der Waals surface area contributed by atoms with Crippen LogP contribution >= 0.6 is 0 Å². The molecule has 0 aliphatic rings. The van der Waals surface area contributed by atoms with Gasteiger partial charge in [0.2, 0.25) is 0 Å². The summed E-state index contributed by atoms with van der Waals surface area (Å²) in [5, 5.41) is 0. The zero-order chi connectivity index (χ0) is 36.7. The number of benzene rings is 6. The molecule has 0 unspecified atom stereocenters. The molecule has 0 aliphatic heterocycles. The van der Waals surface area contributed by atoms with Crippen molar-refractivity contribution in [2.24, 2.45) is 0 Å². The first-order valence-corrected chi connectivity index (χ1v) is 24.8. The number of carbonyl (C=O) groups excluding carboxylic acids is 6. The Morgan fingerprint density at radius 3 is 0.558 bits per heavy atom. The SMILES string of the molecule is C[N]([Ge]([C](=O)c1ccccc1)([C](=O)c1ccccc1)[C](=O)c1ccccc1)[Ge]([C](=O)c1ccccc1)([C](=O)c1ccccc1)[C](=O)c1ccccc1. The quantitative estimate of drug-likeness (QED) is 0.106. The molecule has 0 radical (unpaired) electrons. The van der Waals surface area contributed by atoms with Crippen LogP contribution in [0.2, 0.25) is 0 Å². The van der Waals surface area contributed by atoms with Gasteiger partial charge in [0.05, 0.1) is 0 Å². The molecule has 6 aromatic carbocycles. The van der Waals surface area contributed by atoms with Crippen molar-refractivity contribution in [2.75, 3.05) is 7.05 Å². The first-order valence-electron chi connectivity index (χ1n) is 16.6. The van der Waals surface area contributed by atoms with Crippen LogP contribution in [-0.2, 0) is 0 Å². The molecule has 0 amide bonds. The Kier molecular flexibility index (Phi) is 10.9. The summed E-state index contributed by atoms with van der Waals surface area (Å²) in [4.78, 5) is 93.3. The minimum atomic E-state index is -6.16. The van der Waals surface area contributed by atoms with Crippen molar-refractivity contribution in [3.05, 3.63) is 215 Å². The van der Waals surface area contributed by atoms with E-state index in [1.807, 2.05) is 0 Å². The second-order valence-corrected chi connectivity index (χ2v) is 28.6. The van der Waals surface area contributed by atoms with Gasteiger partial charge in [-0.05, 0) is 0 Å². The molecule has 0 atom stereocenters. The Hall–Kier alpha value is -5.61. The number of carbonyl (C=O) groups is 6. The van der Waals surface area contributed by atoms with E-state index in [9.17, 15) is 0 Å². The monoisotopic (exact) mass is 807 g/mol. The van der Waals surface area contributed by atoms with Gasteiger partial charge in [-0.25, -0.2) is 0 Å². The number of hydrogen-bond acceptors (Lipinski definition) is 7. The molecular formula is C43H33Ge2NO6. The van der Waals surface area contributed by atoms with E-state index in [4.69, 9.17) is 0 Å². The Morgan fingerprint density at radius 2 is 0.423 bits per heavy atom. The summed E-state index contributed by atoms with van der Waals surface area (Å²) in [5.41, 5.74) is 0.365. The van der Waals surface area contributed by atoms with Crippen molar-refractivity contribution in [3.63, 3.8) is 0 Å². The summed E-state index contributed by atoms with van der Waals surface area (Å²) >= 11 is -12.3. The minimum absolute atomic E-state index is 0.0608. The molecule has 0 N–H and O–H groups in total. The summed E-state index contributed by atoms with van der Waals surface area (Å²) in [6.07, 6.45) is 0. The number of nitrogens with zero attached hydrogens (tertiary/aromatic N) is 1. The van der Waals surface area contributed by atoms with Gasteiger partial charge < -0.3 is 0 Å². The summed E-state index contributed by atoms with van der Waals surface area (Å²) in [6, 6.07) is 47.8. The van der Waals surface area contributed by atoms with Crippen LogP contribution in [0, 0.1) is 0 Å². The average molecular weight is 805 g/mol. The fourth-order valence-electron chi connectivity index (χ4n) is 6.57. The summed E-state index contributed by atoms with van der Waals surface area (Å²) in [7, 11) is 1.34. The molecule has 0 aliphatic carbocycles. The standard InChI is InChI=1S/C43H33Ge2NO6/c1-46(44(38(47)32-20-8-2-9-21-32,39(48)33-22-10-3-11-23-33)40(49)34-24-12-4-13-25-34)45(41(50)35-26-14-5-15-27-35,42(51)36-28-16-6-17-29-36)43(52)37-30-18-7-19-31-37/h2-31H,1H3. The van der Waals surface area contributed by atoms with Crippen molar-refractivity contribution in [1.29, 1.82) is 0 Å². The maximum absolute atomic E-state index is 15.6. The molecule has 0 heterocycles. The van der Waals surface area contributed by atoms with Crippen LogP contribution in [0.15, 0.2) is 182 Å². The average Bonchev–Trinajstić information content (AvgIpc) is 3.22. The summed E-state index contributed by atoms with van der Waals surface area (Å²) in [6.45, 7) is 0. The van der Waals surface area contributed by atoms with Crippen molar-refractivity contribution in [2.45, 2.75) is 0 Å². The van der Waals surface area contributed by atoms with Gasteiger partial charge in [0, 0.05) is 0 Å². The van der Waals surface area contributed by atoms with E-state index in [0.29, 0.717) is 0 Å². The molecule has 0 spiro atoms. The molecule has 52 heavy (non-hydrogen) atoms. The van der Waals surface area contributed by atoms with Crippen LogP contribution in [0.1, 0.15) is 62.1 Å². The van der Waals surface area contributed by atoms with Crippen LogP contribution in [0.4, 0.5) is 0 Å². The molecule has 6 aromatic rings. The van der Waals surface area contributed by atoms with Gasteiger partial charge in [-0.2, -0.15) is 0 Å². The van der Waals surface area contributed by atoms with Crippen molar-refractivity contribution >= 4 is 54.7 Å². The molecule has 0 fully saturated rings. The second kappa shape index (κ2) is 15.7. The Balaban J connectivity index is 1.81.